The molecule has 2 aromatic rings. The van der Waals surface area contributed by atoms with Crippen molar-refractivity contribution in [3.8, 4) is 11.5 Å². The highest BCUT2D eigenvalue weighted by Crippen LogP contribution is 2.14. The van der Waals surface area contributed by atoms with E-state index in [0.717, 1.165) is 43.1 Å². The molecule has 0 aliphatic heterocycles. The highest BCUT2D eigenvalue weighted by atomic mass is 32.1. The van der Waals surface area contributed by atoms with Crippen molar-refractivity contribution < 1.29 is 14.3 Å². The number of hydrogen-bond acceptors (Lipinski definition) is 4. The van der Waals surface area contributed by atoms with Crippen molar-refractivity contribution >= 4 is 23.1 Å². The van der Waals surface area contributed by atoms with Gasteiger partial charge in [-0.15, -0.1) is 0 Å². The molecule has 0 saturated heterocycles. The lowest BCUT2D eigenvalue weighted by Crippen LogP contribution is -2.10. The molecule has 188 valence electrons. The van der Waals surface area contributed by atoms with Gasteiger partial charge in [-0.05, 0) is 61.4 Å². The first-order valence-corrected chi connectivity index (χ1v) is 12.9. The van der Waals surface area contributed by atoms with Crippen LogP contribution in [0, 0.1) is 0 Å². The van der Waals surface area contributed by atoms with Crippen LogP contribution in [0.5, 0.6) is 11.5 Å². The topological polar surface area (TPSA) is 87.6 Å². The molecule has 0 fully saturated rings. The van der Waals surface area contributed by atoms with Gasteiger partial charge < -0.3 is 20.9 Å². The molecule has 0 unspecified atom stereocenters. The van der Waals surface area contributed by atoms with Crippen molar-refractivity contribution in [1.29, 1.82) is 0 Å². The van der Waals surface area contributed by atoms with Gasteiger partial charge in [0, 0.05) is 11.1 Å². The van der Waals surface area contributed by atoms with Crippen molar-refractivity contribution in [3.05, 3.63) is 59.7 Å². The van der Waals surface area contributed by atoms with E-state index in [4.69, 9.17) is 33.2 Å². The number of primary amides is 1. The van der Waals surface area contributed by atoms with Gasteiger partial charge >= 0.3 is 0 Å². The van der Waals surface area contributed by atoms with Gasteiger partial charge in [0.2, 0.25) is 5.91 Å². The van der Waals surface area contributed by atoms with E-state index in [1.54, 1.807) is 24.3 Å². The Morgan fingerprint density at radius 3 is 1.38 bits per heavy atom. The van der Waals surface area contributed by atoms with Crippen LogP contribution in [0.2, 0.25) is 0 Å². The fourth-order valence-electron chi connectivity index (χ4n) is 3.22. The Morgan fingerprint density at radius 1 is 0.647 bits per heavy atom. The number of carbonyl (C=O) groups is 1. The van der Waals surface area contributed by atoms with Crippen LogP contribution in [0.25, 0.3) is 0 Å². The van der Waals surface area contributed by atoms with E-state index >= 15 is 0 Å². The SMILES string of the molecule is CCCCCCCOc1ccc(C(N)=O)cc1.CCCCCCCOc1ccc(C(N)=S)cc1. The summed E-state index contributed by atoms with van der Waals surface area (Å²) >= 11 is 4.89. The zero-order valence-corrected chi connectivity index (χ0v) is 21.7. The third kappa shape index (κ3) is 13.8. The molecule has 2 aromatic carbocycles. The van der Waals surface area contributed by atoms with Gasteiger partial charge in [-0.3, -0.25) is 4.79 Å². The lowest BCUT2D eigenvalue weighted by molar-refractivity contribution is 0.1000. The van der Waals surface area contributed by atoms with Crippen LogP contribution in [0.3, 0.4) is 0 Å². The average Bonchev–Trinajstić information content (AvgIpc) is 2.84. The number of ether oxygens (including phenoxy) is 2. The number of hydrogen-bond donors (Lipinski definition) is 2. The summed E-state index contributed by atoms with van der Waals surface area (Å²) in [6.07, 6.45) is 12.4. The third-order valence-electron chi connectivity index (χ3n) is 5.31. The maximum absolute atomic E-state index is 10.9. The van der Waals surface area contributed by atoms with E-state index < -0.39 is 5.91 Å². The third-order valence-corrected chi connectivity index (χ3v) is 5.55. The molecule has 0 atom stereocenters. The molecule has 0 heterocycles. The molecule has 0 spiro atoms. The van der Waals surface area contributed by atoms with Crippen LogP contribution in [0.4, 0.5) is 0 Å². The van der Waals surface area contributed by atoms with Crippen LogP contribution in [0.1, 0.15) is 94.0 Å². The first-order chi connectivity index (χ1) is 16.5. The minimum Gasteiger partial charge on any atom is -0.494 e. The Hall–Kier alpha value is -2.60. The summed E-state index contributed by atoms with van der Waals surface area (Å²) in [6.45, 7) is 5.95. The quantitative estimate of drug-likeness (QED) is 0.201. The van der Waals surface area contributed by atoms with E-state index in [0.29, 0.717) is 10.6 Å². The van der Waals surface area contributed by atoms with E-state index in [1.807, 2.05) is 24.3 Å². The predicted molar refractivity (Wildman–Crippen MR) is 146 cm³/mol. The van der Waals surface area contributed by atoms with Crippen molar-refractivity contribution in [2.24, 2.45) is 11.5 Å². The molecular formula is C28H42N2O3S. The molecule has 0 aliphatic rings. The number of rotatable bonds is 16. The Bertz CT molecular complexity index is 738. The molecule has 5 nitrogen and oxygen atoms in total. The monoisotopic (exact) mass is 486 g/mol. The lowest BCUT2D eigenvalue weighted by atomic mass is 10.2. The molecule has 0 bridgehead atoms. The van der Waals surface area contributed by atoms with E-state index in [-0.39, 0.29) is 0 Å². The van der Waals surface area contributed by atoms with E-state index in [1.165, 1.54) is 51.4 Å². The second kappa shape index (κ2) is 18.8. The second-order valence-electron chi connectivity index (χ2n) is 8.30. The molecule has 6 heteroatoms. The van der Waals surface area contributed by atoms with E-state index in [2.05, 4.69) is 13.8 Å². The standard InChI is InChI=1S/C14H21NO2.C14H21NOS/c1-2-3-4-5-6-11-17-13-9-7-12(8-10-13)14(15)16;1-2-3-4-5-6-11-16-13-9-7-12(8-10-13)14(15)17/h7-10H,2-6,11H2,1H3,(H2,15,16);7-10H,2-6,11H2,1H3,(H2,15,17). The number of benzene rings is 2. The van der Waals surface area contributed by atoms with Gasteiger partial charge in [-0.2, -0.15) is 0 Å². The molecule has 1 amide bonds. The van der Waals surface area contributed by atoms with Crippen LogP contribution in [-0.2, 0) is 0 Å². The first-order valence-electron chi connectivity index (χ1n) is 12.5. The number of nitrogens with two attached hydrogens (primary N) is 2. The molecule has 34 heavy (non-hydrogen) atoms. The Morgan fingerprint density at radius 2 is 1.03 bits per heavy atom. The van der Waals surface area contributed by atoms with Gasteiger partial charge in [0.1, 0.15) is 16.5 Å². The minimum absolute atomic E-state index is 0.406. The maximum atomic E-state index is 10.9. The van der Waals surface area contributed by atoms with Crippen LogP contribution >= 0.6 is 12.2 Å². The highest BCUT2D eigenvalue weighted by Gasteiger charge is 2.00. The lowest BCUT2D eigenvalue weighted by Gasteiger charge is -2.06. The molecule has 0 radical (unpaired) electrons. The van der Waals surface area contributed by atoms with Crippen molar-refractivity contribution in [2.45, 2.75) is 78.1 Å². The van der Waals surface area contributed by atoms with E-state index in [9.17, 15) is 4.79 Å². The number of unbranched alkanes of at least 4 members (excludes halogenated alkanes) is 8. The summed E-state index contributed by atoms with van der Waals surface area (Å²) in [5.41, 5.74) is 12.1. The Balaban J connectivity index is 0.000000340. The molecule has 4 N–H and O–H groups in total. The molecule has 0 aliphatic carbocycles. The van der Waals surface area contributed by atoms with Crippen molar-refractivity contribution in [3.63, 3.8) is 0 Å². The highest BCUT2D eigenvalue weighted by molar-refractivity contribution is 7.80. The summed E-state index contributed by atoms with van der Waals surface area (Å²) < 4.78 is 11.2. The van der Waals surface area contributed by atoms with Crippen molar-refractivity contribution in [2.75, 3.05) is 13.2 Å². The summed E-state index contributed by atoms with van der Waals surface area (Å²) in [4.78, 5) is 11.3. The summed E-state index contributed by atoms with van der Waals surface area (Å²) in [5.74, 6) is 1.28. The number of carbonyl (C=O) groups excluding carboxylic acids is 1. The fraction of sp³-hybridized carbons (Fsp3) is 0.500. The molecule has 0 saturated carbocycles. The fourth-order valence-corrected chi connectivity index (χ4v) is 3.36. The summed E-state index contributed by atoms with van der Waals surface area (Å²) in [7, 11) is 0. The maximum Gasteiger partial charge on any atom is 0.248 e. The predicted octanol–water partition coefficient (Wildman–Crippen LogP) is 6.80. The zero-order valence-electron chi connectivity index (χ0n) is 20.9. The second-order valence-corrected chi connectivity index (χ2v) is 8.74. The van der Waals surface area contributed by atoms with Gasteiger partial charge in [0.05, 0.1) is 13.2 Å². The Labute approximate surface area is 211 Å². The number of amides is 1. The van der Waals surface area contributed by atoms with Crippen LogP contribution < -0.4 is 20.9 Å². The van der Waals surface area contributed by atoms with Crippen LogP contribution in [0.15, 0.2) is 48.5 Å². The molecule has 0 aromatic heterocycles. The number of thiocarbonyl (C=S) groups is 1. The van der Waals surface area contributed by atoms with Gasteiger partial charge in [0.25, 0.3) is 0 Å². The normalized spacial score (nSPS) is 10.2. The van der Waals surface area contributed by atoms with Crippen LogP contribution in [-0.4, -0.2) is 24.1 Å². The average molecular weight is 487 g/mol. The first kappa shape index (κ1) is 29.4. The molecular weight excluding hydrogens is 444 g/mol. The van der Waals surface area contributed by atoms with Gasteiger partial charge in [-0.25, -0.2) is 0 Å². The smallest absolute Gasteiger partial charge is 0.248 e. The van der Waals surface area contributed by atoms with Crippen molar-refractivity contribution in [1.82, 2.24) is 0 Å². The van der Waals surface area contributed by atoms with Gasteiger partial charge in [0.15, 0.2) is 0 Å². The molecule has 2 rings (SSSR count). The minimum atomic E-state index is -0.406. The zero-order chi connectivity index (χ0) is 25.0. The summed E-state index contributed by atoms with van der Waals surface area (Å²) in [5, 5.41) is 0. The largest absolute Gasteiger partial charge is 0.494 e. The van der Waals surface area contributed by atoms with Gasteiger partial charge in [-0.1, -0.05) is 77.4 Å². The Kier molecular flexibility index (Phi) is 16.3. The summed E-state index contributed by atoms with van der Waals surface area (Å²) in [6, 6.07) is 14.6.